The molecule has 94 valence electrons. The molecule has 1 N–H and O–H groups in total. The molecule has 2 aromatic rings. The van der Waals surface area contributed by atoms with Crippen molar-refractivity contribution in [2.75, 3.05) is 0 Å². The number of rotatable bonds is 1. The highest BCUT2D eigenvalue weighted by Crippen LogP contribution is 2.34. The molecule has 0 atom stereocenters. The van der Waals surface area contributed by atoms with E-state index in [9.17, 15) is 17.6 Å². The molecule has 7 heteroatoms. The van der Waals surface area contributed by atoms with Crippen molar-refractivity contribution >= 4 is 12.2 Å². The molecule has 0 aliphatic rings. The van der Waals surface area contributed by atoms with E-state index in [-0.39, 0.29) is 10.2 Å². The normalized spacial score (nSPS) is 11.6. The number of alkyl halides is 3. The lowest BCUT2D eigenvalue weighted by atomic mass is 10.1. The molecule has 0 aliphatic heterocycles. The van der Waals surface area contributed by atoms with E-state index < -0.39 is 17.6 Å². The Bertz CT molecular complexity index is 633. The minimum absolute atomic E-state index is 0.165. The molecule has 0 spiro atoms. The Morgan fingerprint density at radius 2 is 1.94 bits per heavy atom. The Balaban J connectivity index is 2.62. The summed E-state index contributed by atoms with van der Waals surface area (Å²) in [4.78, 5) is 6.34. The van der Waals surface area contributed by atoms with Crippen molar-refractivity contribution in [2.24, 2.45) is 0 Å². The molecule has 1 heterocycles. The maximum Gasteiger partial charge on any atom is 0.419 e. The average Bonchev–Trinajstić information content (AvgIpc) is 2.29. The Morgan fingerprint density at radius 3 is 2.56 bits per heavy atom. The number of aromatic nitrogens is 2. The number of hydrogen-bond acceptors (Lipinski definition) is 2. The summed E-state index contributed by atoms with van der Waals surface area (Å²) in [6, 6.07) is 2.71. The Labute approximate surface area is 104 Å². The van der Waals surface area contributed by atoms with Crippen molar-refractivity contribution < 1.29 is 17.6 Å². The number of benzene rings is 1. The van der Waals surface area contributed by atoms with Crippen LogP contribution in [0.25, 0.3) is 11.1 Å². The van der Waals surface area contributed by atoms with Gasteiger partial charge in [0.1, 0.15) is 10.5 Å². The molecule has 2 rings (SSSR count). The van der Waals surface area contributed by atoms with Gasteiger partial charge in [0.25, 0.3) is 0 Å². The number of H-pyrrole nitrogens is 1. The molecule has 0 bridgehead atoms. The van der Waals surface area contributed by atoms with Gasteiger partial charge in [-0.1, -0.05) is 18.3 Å². The number of hydrogen-bond donors (Lipinski definition) is 1. The Hall–Kier alpha value is -1.76. The third-order valence-electron chi connectivity index (χ3n) is 2.30. The van der Waals surface area contributed by atoms with Crippen molar-refractivity contribution in [3.05, 3.63) is 46.7 Å². The standard InChI is InChI=1S/C11H6F4N2S/c12-9-2-1-6(3-8(9)11(13,14)15)7-4-16-5-17-10(7)18/h1-5H,(H,16,17,18). The number of nitrogens with one attached hydrogen (secondary N) is 1. The molecule has 0 aliphatic carbocycles. The van der Waals surface area contributed by atoms with Gasteiger partial charge in [0.05, 0.1) is 11.9 Å². The summed E-state index contributed by atoms with van der Waals surface area (Å²) in [6.07, 6.45) is -2.10. The van der Waals surface area contributed by atoms with Crippen LogP contribution in [0.2, 0.25) is 0 Å². The topological polar surface area (TPSA) is 28.7 Å². The van der Waals surface area contributed by atoms with E-state index in [2.05, 4.69) is 9.97 Å². The fraction of sp³-hybridized carbons (Fsp3) is 0.0909. The molecule has 0 unspecified atom stereocenters. The van der Waals surface area contributed by atoms with Crippen LogP contribution in [0.5, 0.6) is 0 Å². The van der Waals surface area contributed by atoms with E-state index in [1.807, 2.05) is 0 Å². The first-order chi connectivity index (χ1) is 8.39. The summed E-state index contributed by atoms with van der Waals surface area (Å²) >= 11 is 4.93. The van der Waals surface area contributed by atoms with Crippen LogP contribution in [0.3, 0.4) is 0 Å². The lowest BCUT2D eigenvalue weighted by molar-refractivity contribution is -0.139. The maximum absolute atomic E-state index is 13.1. The van der Waals surface area contributed by atoms with Crippen LogP contribution >= 0.6 is 12.2 Å². The van der Waals surface area contributed by atoms with Gasteiger partial charge in [0.15, 0.2) is 0 Å². The second-order valence-corrected chi connectivity index (χ2v) is 3.90. The van der Waals surface area contributed by atoms with Gasteiger partial charge >= 0.3 is 6.18 Å². The van der Waals surface area contributed by atoms with Gasteiger partial charge in [-0.15, -0.1) is 0 Å². The highest BCUT2D eigenvalue weighted by atomic mass is 32.1. The first kappa shape index (κ1) is 12.7. The van der Waals surface area contributed by atoms with Crippen LogP contribution in [0, 0.1) is 10.5 Å². The van der Waals surface area contributed by atoms with Crippen LogP contribution in [0.1, 0.15) is 5.56 Å². The third-order valence-corrected chi connectivity index (χ3v) is 2.64. The zero-order chi connectivity index (χ0) is 13.3. The second kappa shape index (κ2) is 4.49. The number of halogens is 4. The van der Waals surface area contributed by atoms with E-state index in [1.54, 1.807) is 0 Å². The Kier molecular flexibility index (Phi) is 3.16. The monoisotopic (exact) mass is 274 g/mol. The lowest BCUT2D eigenvalue weighted by Gasteiger charge is -2.10. The summed E-state index contributed by atoms with van der Waals surface area (Å²) in [7, 11) is 0. The van der Waals surface area contributed by atoms with Crippen molar-refractivity contribution in [1.82, 2.24) is 9.97 Å². The molecule has 1 aromatic carbocycles. The van der Waals surface area contributed by atoms with Crippen molar-refractivity contribution in [2.45, 2.75) is 6.18 Å². The average molecular weight is 274 g/mol. The molecule has 0 saturated heterocycles. The summed E-state index contributed by atoms with van der Waals surface area (Å²) in [5, 5.41) is 0. The number of nitrogens with zero attached hydrogens (tertiary/aromatic N) is 1. The van der Waals surface area contributed by atoms with E-state index in [1.165, 1.54) is 18.6 Å². The van der Waals surface area contributed by atoms with Gasteiger partial charge in [-0.25, -0.2) is 9.37 Å². The fourth-order valence-electron chi connectivity index (χ4n) is 1.46. The molecule has 2 nitrogen and oxygen atoms in total. The van der Waals surface area contributed by atoms with Crippen LogP contribution in [0.15, 0.2) is 30.7 Å². The van der Waals surface area contributed by atoms with E-state index in [0.717, 1.165) is 12.1 Å². The molecule has 18 heavy (non-hydrogen) atoms. The largest absolute Gasteiger partial charge is 0.419 e. The lowest BCUT2D eigenvalue weighted by Crippen LogP contribution is -2.08. The zero-order valence-electron chi connectivity index (χ0n) is 8.75. The molecule has 0 saturated carbocycles. The van der Waals surface area contributed by atoms with Gasteiger partial charge in [0, 0.05) is 11.8 Å². The van der Waals surface area contributed by atoms with Crippen LogP contribution in [-0.2, 0) is 6.18 Å². The predicted octanol–water partition coefficient (Wildman–Crippen LogP) is 3.96. The second-order valence-electron chi connectivity index (χ2n) is 3.49. The molecular formula is C11H6F4N2S. The minimum atomic E-state index is -4.74. The summed E-state index contributed by atoms with van der Waals surface area (Å²) < 4.78 is 51.0. The fourth-order valence-corrected chi connectivity index (χ4v) is 1.68. The first-order valence-corrected chi connectivity index (χ1v) is 5.20. The van der Waals surface area contributed by atoms with Gasteiger partial charge < -0.3 is 4.98 Å². The molecule has 0 amide bonds. The molecule has 0 radical (unpaired) electrons. The minimum Gasteiger partial charge on any atom is -0.337 e. The smallest absolute Gasteiger partial charge is 0.337 e. The summed E-state index contributed by atoms with van der Waals surface area (Å²) in [6.45, 7) is 0. The third kappa shape index (κ3) is 2.40. The summed E-state index contributed by atoms with van der Waals surface area (Å²) in [5.74, 6) is -1.31. The van der Waals surface area contributed by atoms with Gasteiger partial charge in [-0.3, -0.25) is 0 Å². The quantitative estimate of drug-likeness (QED) is 0.629. The van der Waals surface area contributed by atoms with Crippen LogP contribution in [0.4, 0.5) is 17.6 Å². The molecule has 0 fully saturated rings. The van der Waals surface area contributed by atoms with Gasteiger partial charge in [0.2, 0.25) is 0 Å². The van der Waals surface area contributed by atoms with Crippen molar-refractivity contribution in [3.8, 4) is 11.1 Å². The van der Waals surface area contributed by atoms with Crippen LogP contribution < -0.4 is 0 Å². The van der Waals surface area contributed by atoms with Crippen molar-refractivity contribution in [3.63, 3.8) is 0 Å². The SMILES string of the molecule is Fc1ccc(-c2cnc[nH]c2=S)cc1C(F)(F)F. The zero-order valence-corrected chi connectivity index (χ0v) is 9.57. The molecule has 1 aromatic heterocycles. The van der Waals surface area contributed by atoms with E-state index >= 15 is 0 Å². The predicted molar refractivity (Wildman–Crippen MR) is 59.8 cm³/mol. The number of aromatic amines is 1. The molecular weight excluding hydrogens is 268 g/mol. The highest BCUT2D eigenvalue weighted by molar-refractivity contribution is 7.71. The van der Waals surface area contributed by atoms with Crippen molar-refractivity contribution in [1.29, 1.82) is 0 Å². The van der Waals surface area contributed by atoms with Gasteiger partial charge in [-0.05, 0) is 17.7 Å². The first-order valence-electron chi connectivity index (χ1n) is 4.79. The van der Waals surface area contributed by atoms with Crippen LogP contribution in [-0.4, -0.2) is 9.97 Å². The van der Waals surface area contributed by atoms with Gasteiger partial charge in [-0.2, -0.15) is 13.2 Å². The summed E-state index contributed by atoms with van der Waals surface area (Å²) in [5.41, 5.74) is -0.839. The van der Waals surface area contributed by atoms with E-state index in [0.29, 0.717) is 5.56 Å². The van der Waals surface area contributed by atoms with E-state index in [4.69, 9.17) is 12.2 Å². The highest BCUT2D eigenvalue weighted by Gasteiger charge is 2.34. The Morgan fingerprint density at radius 1 is 1.22 bits per heavy atom. The maximum atomic E-state index is 13.1.